The summed E-state index contributed by atoms with van der Waals surface area (Å²) >= 11 is 1.44. The molecule has 1 N–H and O–H groups in total. The molecule has 2 aromatic carbocycles. The summed E-state index contributed by atoms with van der Waals surface area (Å²) in [7, 11) is 0. The van der Waals surface area contributed by atoms with Gasteiger partial charge in [0.2, 0.25) is 4.96 Å². The minimum Gasteiger partial charge on any atom is -0.427 e. The molecular formula is C19H14N4O3S. The van der Waals surface area contributed by atoms with Crippen LogP contribution < -0.4 is 10.1 Å². The first-order valence-electron chi connectivity index (χ1n) is 8.10. The quantitative estimate of drug-likeness (QED) is 0.433. The number of benzene rings is 2. The molecule has 8 heteroatoms. The molecule has 0 fully saturated rings. The maximum Gasteiger partial charge on any atom is 0.308 e. The largest absolute Gasteiger partial charge is 0.427 e. The lowest BCUT2D eigenvalue weighted by atomic mass is 10.2. The molecule has 2 heterocycles. The third-order valence-corrected chi connectivity index (χ3v) is 4.55. The van der Waals surface area contributed by atoms with Gasteiger partial charge in [0.25, 0.3) is 11.9 Å². The smallest absolute Gasteiger partial charge is 0.308 e. The van der Waals surface area contributed by atoms with Crippen molar-refractivity contribution in [3.63, 3.8) is 0 Å². The van der Waals surface area contributed by atoms with Crippen LogP contribution in [0.5, 0.6) is 5.75 Å². The average Bonchev–Trinajstić information content (AvgIpc) is 3.22. The Morgan fingerprint density at radius 3 is 2.70 bits per heavy atom. The van der Waals surface area contributed by atoms with E-state index < -0.39 is 5.97 Å². The molecule has 27 heavy (non-hydrogen) atoms. The van der Waals surface area contributed by atoms with Crippen LogP contribution in [0, 0.1) is 0 Å². The van der Waals surface area contributed by atoms with E-state index in [2.05, 4.69) is 15.4 Å². The van der Waals surface area contributed by atoms with Crippen LogP contribution in [0.2, 0.25) is 0 Å². The molecule has 0 unspecified atom stereocenters. The molecule has 134 valence electrons. The number of nitrogens with one attached hydrogen (secondary N) is 1. The van der Waals surface area contributed by atoms with Crippen molar-refractivity contribution < 1.29 is 14.3 Å². The van der Waals surface area contributed by atoms with Crippen molar-refractivity contribution in [2.75, 3.05) is 5.32 Å². The Morgan fingerprint density at radius 2 is 1.93 bits per heavy atom. The molecule has 7 nitrogen and oxygen atoms in total. The van der Waals surface area contributed by atoms with Gasteiger partial charge in [-0.15, -0.1) is 16.4 Å². The van der Waals surface area contributed by atoms with E-state index in [0.717, 1.165) is 11.3 Å². The lowest BCUT2D eigenvalue weighted by molar-refractivity contribution is -0.131. The van der Waals surface area contributed by atoms with Gasteiger partial charge in [0, 0.05) is 23.4 Å². The first kappa shape index (κ1) is 16.9. The van der Waals surface area contributed by atoms with Crippen LogP contribution in [0.15, 0.2) is 60.0 Å². The zero-order valence-corrected chi connectivity index (χ0v) is 15.1. The highest BCUT2D eigenvalue weighted by Gasteiger charge is 2.14. The summed E-state index contributed by atoms with van der Waals surface area (Å²) in [5.74, 6) is -0.317. The van der Waals surface area contributed by atoms with E-state index in [-0.39, 0.29) is 11.9 Å². The zero-order chi connectivity index (χ0) is 18.8. The number of carbonyl (C=O) groups is 2. The van der Waals surface area contributed by atoms with Gasteiger partial charge in [0.1, 0.15) is 5.75 Å². The molecule has 2 aromatic heterocycles. The third-order valence-electron chi connectivity index (χ3n) is 3.73. The van der Waals surface area contributed by atoms with Crippen LogP contribution in [-0.2, 0) is 4.79 Å². The summed E-state index contributed by atoms with van der Waals surface area (Å²) < 4.78 is 6.70. The van der Waals surface area contributed by atoms with Crippen LogP contribution >= 0.6 is 11.3 Å². The Morgan fingerprint density at radius 1 is 1.11 bits per heavy atom. The molecular weight excluding hydrogens is 364 g/mol. The summed E-state index contributed by atoms with van der Waals surface area (Å²) in [6, 6.07) is 16.2. The van der Waals surface area contributed by atoms with Crippen molar-refractivity contribution in [2.24, 2.45) is 0 Å². The third kappa shape index (κ3) is 3.56. The molecule has 4 rings (SSSR count). The average molecular weight is 378 g/mol. The number of nitrogens with zero attached hydrogens (tertiary/aromatic N) is 3. The minimum absolute atomic E-state index is 0.210. The van der Waals surface area contributed by atoms with Crippen LogP contribution in [0.25, 0.3) is 16.2 Å². The number of amides is 1. The van der Waals surface area contributed by atoms with E-state index in [4.69, 9.17) is 4.74 Å². The first-order valence-corrected chi connectivity index (χ1v) is 8.97. The molecule has 1 amide bonds. The Bertz CT molecular complexity index is 1130. The van der Waals surface area contributed by atoms with Crippen molar-refractivity contribution in [3.05, 3.63) is 65.5 Å². The van der Waals surface area contributed by atoms with Crippen molar-refractivity contribution in [3.8, 4) is 17.0 Å². The van der Waals surface area contributed by atoms with Crippen molar-refractivity contribution >= 4 is 34.1 Å². The fourth-order valence-corrected chi connectivity index (χ4v) is 3.41. The van der Waals surface area contributed by atoms with E-state index in [9.17, 15) is 9.59 Å². The van der Waals surface area contributed by atoms with Crippen molar-refractivity contribution in [1.82, 2.24) is 14.6 Å². The van der Waals surface area contributed by atoms with Gasteiger partial charge in [-0.3, -0.25) is 14.9 Å². The standard InChI is InChI=1S/C19H14N4O3S/c1-12(24)26-15-9-5-8-14(10-15)17(25)20-18-21-19-23(22-18)16(11-27-19)13-6-3-2-4-7-13/h2-11H,1H3,(H,20,22,25). The summed E-state index contributed by atoms with van der Waals surface area (Å²) in [6.07, 6.45) is 0. The molecule has 0 radical (unpaired) electrons. The lowest BCUT2D eigenvalue weighted by Crippen LogP contribution is -2.13. The molecule has 0 aliphatic carbocycles. The number of hydrogen-bond donors (Lipinski definition) is 1. The van der Waals surface area contributed by atoms with E-state index in [1.165, 1.54) is 24.3 Å². The summed E-state index contributed by atoms with van der Waals surface area (Å²) in [6.45, 7) is 1.30. The van der Waals surface area contributed by atoms with Crippen molar-refractivity contribution in [1.29, 1.82) is 0 Å². The number of ether oxygens (including phenoxy) is 1. The SMILES string of the molecule is CC(=O)Oc1cccc(C(=O)Nc2nc3scc(-c4ccccc4)n3n2)c1. The molecule has 0 aliphatic rings. The normalized spacial score (nSPS) is 10.7. The summed E-state index contributed by atoms with van der Waals surface area (Å²) in [5, 5.41) is 9.03. The Labute approximate surface area is 158 Å². The number of rotatable bonds is 4. The Kier molecular flexibility index (Phi) is 4.39. The topological polar surface area (TPSA) is 85.6 Å². The molecule has 0 bridgehead atoms. The first-order chi connectivity index (χ1) is 13.1. The van der Waals surface area contributed by atoms with Gasteiger partial charge in [-0.05, 0) is 18.2 Å². The predicted octanol–water partition coefficient (Wildman–Crippen LogP) is 3.64. The van der Waals surface area contributed by atoms with E-state index in [0.29, 0.717) is 16.3 Å². The second-order valence-electron chi connectivity index (χ2n) is 5.69. The lowest BCUT2D eigenvalue weighted by Gasteiger charge is -2.04. The number of hydrogen-bond acceptors (Lipinski definition) is 6. The highest BCUT2D eigenvalue weighted by atomic mass is 32.1. The Hall–Kier alpha value is -3.52. The number of fused-ring (bicyclic) bond motifs is 1. The summed E-state index contributed by atoms with van der Waals surface area (Å²) in [4.78, 5) is 28.6. The number of anilines is 1. The van der Waals surface area contributed by atoms with Crippen LogP contribution in [-0.4, -0.2) is 26.5 Å². The van der Waals surface area contributed by atoms with Gasteiger partial charge in [-0.1, -0.05) is 36.4 Å². The highest BCUT2D eigenvalue weighted by Crippen LogP contribution is 2.25. The highest BCUT2D eigenvalue weighted by molar-refractivity contribution is 7.15. The molecule has 4 aromatic rings. The van der Waals surface area contributed by atoms with Crippen LogP contribution in [0.3, 0.4) is 0 Å². The molecule has 0 saturated heterocycles. The molecule has 0 aliphatic heterocycles. The van der Waals surface area contributed by atoms with E-state index >= 15 is 0 Å². The van der Waals surface area contributed by atoms with Gasteiger partial charge < -0.3 is 4.74 Å². The van der Waals surface area contributed by atoms with Crippen LogP contribution in [0.4, 0.5) is 5.95 Å². The van der Waals surface area contributed by atoms with Gasteiger partial charge >= 0.3 is 5.97 Å². The van der Waals surface area contributed by atoms with Gasteiger partial charge in [0.15, 0.2) is 0 Å². The monoisotopic (exact) mass is 378 g/mol. The van der Waals surface area contributed by atoms with Gasteiger partial charge in [-0.2, -0.15) is 4.98 Å². The molecule has 0 spiro atoms. The fraction of sp³-hybridized carbons (Fsp3) is 0.0526. The minimum atomic E-state index is -0.447. The van der Waals surface area contributed by atoms with Crippen LogP contribution in [0.1, 0.15) is 17.3 Å². The number of esters is 1. The van der Waals surface area contributed by atoms with Gasteiger partial charge in [-0.25, -0.2) is 4.52 Å². The van der Waals surface area contributed by atoms with Crippen molar-refractivity contribution in [2.45, 2.75) is 6.92 Å². The second-order valence-corrected chi connectivity index (χ2v) is 6.53. The number of carbonyl (C=O) groups excluding carboxylic acids is 2. The molecule has 0 atom stereocenters. The predicted molar refractivity (Wildman–Crippen MR) is 102 cm³/mol. The number of thiazole rings is 1. The maximum absolute atomic E-state index is 12.5. The summed E-state index contributed by atoms with van der Waals surface area (Å²) in [5.41, 5.74) is 2.26. The van der Waals surface area contributed by atoms with E-state index in [1.54, 1.807) is 22.7 Å². The fourth-order valence-electron chi connectivity index (χ4n) is 2.58. The van der Waals surface area contributed by atoms with E-state index in [1.807, 2.05) is 35.7 Å². The molecule has 0 saturated carbocycles. The second kappa shape index (κ2) is 7.00. The Balaban J connectivity index is 1.58. The zero-order valence-electron chi connectivity index (χ0n) is 14.2. The van der Waals surface area contributed by atoms with Gasteiger partial charge in [0.05, 0.1) is 5.69 Å². The number of aromatic nitrogens is 3. The maximum atomic E-state index is 12.5.